The normalized spacial score (nSPS) is 25.3. The van der Waals surface area contributed by atoms with E-state index in [1.165, 1.54) is 12.0 Å². The fourth-order valence-electron chi connectivity index (χ4n) is 4.44. The van der Waals surface area contributed by atoms with Crippen molar-refractivity contribution in [3.63, 3.8) is 0 Å². The molecule has 6 heteroatoms. The van der Waals surface area contributed by atoms with Gasteiger partial charge in [-0.05, 0) is 50.6 Å². The summed E-state index contributed by atoms with van der Waals surface area (Å²) in [5, 5.41) is 0. The summed E-state index contributed by atoms with van der Waals surface area (Å²) in [4.78, 5) is 17.5. The molecule has 27 heavy (non-hydrogen) atoms. The number of halogens is 2. The molecule has 1 aliphatic carbocycles. The molecule has 0 bridgehead atoms. The van der Waals surface area contributed by atoms with E-state index < -0.39 is 0 Å². The Morgan fingerprint density at radius 1 is 1.19 bits per heavy atom. The molecular weight excluding hydrogens is 381 g/mol. The van der Waals surface area contributed by atoms with Crippen LogP contribution in [0.15, 0.2) is 30.3 Å². The molecule has 1 aromatic rings. The van der Waals surface area contributed by atoms with Gasteiger partial charge in [0.15, 0.2) is 0 Å². The lowest BCUT2D eigenvalue weighted by molar-refractivity contribution is -0.137. The van der Waals surface area contributed by atoms with E-state index in [9.17, 15) is 4.79 Å². The summed E-state index contributed by atoms with van der Waals surface area (Å²) in [5.41, 5.74) is 7.46. The molecule has 1 saturated carbocycles. The predicted molar refractivity (Wildman–Crippen MR) is 117 cm³/mol. The van der Waals surface area contributed by atoms with Crippen LogP contribution in [-0.2, 0) is 11.3 Å². The van der Waals surface area contributed by atoms with E-state index in [-0.39, 0.29) is 36.8 Å². The van der Waals surface area contributed by atoms with E-state index in [0.717, 1.165) is 58.4 Å². The van der Waals surface area contributed by atoms with E-state index in [1.807, 2.05) is 0 Å². The van der Waals surface area contributed by atoms with Crippen LogP contribution < -0.4 is 5.73 Å². The number of nitrogens with two attached hydrogens (primary N) is 1. The average Bonchev–Trinajstić information content (AvgIpc) is 3.07. The fraction of sp³-hybridized carbons (Fsp3) is 0.667. The maximum absolute atomic E-state index is 12.9. The van der Waals surface area contributed by atoms with Crippen molar-refractivity contribution in [2.24, 2.45) is 17.6 Å². The molecule has 3 unspecified atom stereocenters. The van der Waals surface area contributed by atoms with Crippen molar-refractivity contribution in [3.05, 3.63) is 35.9 Å². The van der Waals surface area contributed by atoms with Gasteiger partial charge in [0, 0.05) is 38.1 Å². The van der Waals surface area contributed by atoms with Crippen molar-refractivity contribution in [2.45, 2.75) is 51.6 Å². The quantitative estimate of drug-likeness (QED) is 0.769. The SMILES string of the molecule is CCN(CC1CCN(Cc2ccccc2)C1)C(=O)C1CCCC(N)C1.Cl.Cl. The van der Waals surface area contributed by atoms with Crippen LogP contribution in [0.1, 0.15) is 44.6 Å². The summed E-state index contributed by atoms with van der Waals surface area (Å²) in [6.07, 6.45) is 5.27. The topological polar surface area (TPSA) is 49.6 Å². The lowest BCUT2D eigenvalue weighted by atomic mass is 9.85. The number of nitrogens with zero attached hydrogens (tertiary/aromatic N) is 2. The highest BCUT2D eigenvalue weighted by atomic mass is 35.5. The maximum atomic E-state index is 12.9. The van der Waals surface area contributed by atoms with Crippen LogP contribution in [0, 0.1) is 11.8 Å². The molecule has 1 saturated heterocycles. The highest BCUT2D eigenvalue weighted by Gasteiger charge is 2.31. The van der Waals surface area contributed by atoms with Crippen LogP contribution in [0.25, 0.3) is 0 Å². The smallest absolute Gasteiger partial charge is 0.225 e. The zero-order valence-corrected chi connectivity index (χ0v) is 18.0. The van der Waals surface area contributed by atoms with Crippen molar-refractivity contribution in [1.29, 1.82) is 0 Å². The van der Waals surface area contributed by atoms with Crippen LogP contribution in [0.2, 0.25) is 0 Å². The molecule has 0 radical (unpaired) electrons. The molecule has 1 aromatic carbocycles. The number of hydrogen-bond donors (Lipinski definition) is 1. The van der Waals surface area contributed by atoms with Crippen LogP contribution >= 0.6 is 24.8 Å². The van der Waals surface area contributed by atoms with Gasteiger partial charge in [0.2, 0.25) is 5.91 Å². The van der Waals surface area contributed by atoms with Gasteiger partial charge in [-0.3, -0.25) is 9.69 Å². The minimum Gasteiger partial charge on any atom is -0.342 e. The van der Waals surface area contributed by atoms with Crippen molar-refractivity contribution < 1.29 is 4.79 Å². The van der Waals surface area contributed by atoms with Gasteiger partial charge in [-0.25, -0.2) is 0 Å². The summed E-state index contributed by atoms with van der Waals surface area (Å²) >= 11 is 0. The van der Waals surface area contributed by atoms with Crippen LogP contribution in [0.5, 0.6) is 0 Å². The molecule has 1 aliphatic heterocycles. The number of rotatable bonds is 6. The van der Waals surface area contributed by atoms with Gasteiger partial charge in [0.25, 0.3) is 0 Å². The Bertz CT molecular complexity index is 558. The Labute approximate surface area is 176 Å². The lowest BCUT2D eigenvalue weighted by Gasteiger charge is -2.32. The van der Waals surface area contributed by atoms with Crippen molar-refractivity contribution in [1.82, 2.24) is 9.80 Å². The first-order valence-corrected chi connectivity index (χ1v) is 9.96. The standard InChI is InChI=1S/C21H33N3O.2ClH/c1-2-24(21(25)19-9-6-10-20(22)13-19)16-18-11-12-23(15-18)14-17-7-4-3-5-8-17;;/h3-5,7-8,18-20H,2,6,9-16,22H2,1H3;2*1H. The molecular formula is C21H35Cl2N3O. The van der Waals surface area contributed by atoms with Gasteiger partial charge in [-0.1, -0.05) is 36.8 Å². The Hall–Kier alpha value is -0.810. The molecule has 2 fully saturated rings. The number of amides is 1. The molecule has 0 spiro atoms. The second kappa shape index (κ2) is 11.9. The van der Waals surface area contributed by atoms with Crippen LogP contribution in [-0.4, -0.2) is 47.9 Å². The van der Waals surface area contributed by atoms with E-state index in [0.29, 0.717) is 11.8 Å². The molecule has 2 N–H and O–H groups in total. The zero-order chi connectivity index (χ0) is 17.6. The summed E-state index contributed by atoms with van der Waals surface area (Å²) in [7, 11) is 0. The number of carbonyl (C=O) groups excluding carboxylic acids is 1. The predicted octanol–water partition coefficient (Wildman–Crippen LogP) is 3.72. The Balaban J connectivity index is 0.00000182. The second-order valence-corrected chi connectivity index (χ2v) is 7.88. The lowest BCUT2D eigenvalue weighted by Crippen LogP contribution is -2.43. The Morgan fingerprint density at radius 3 is 2.59 bits per heavy atom. The van der Waals surface area contributed by atoms with Crippen LogP contribution in [0.4, 0.5) is 0 Å². The number of likely N-dealkylation sites (tertiary alicyclic amines) is 1. The van der Waals surface area contributed by atoms with Crippen molar-refractivity contribution in [2.75, 3.05) is 26.2 Å². The van der Waals surface area contributed by atoms with E-state index in [1.54, 1.807) is 0 Å². The number of carbonyl (C=O) groups is 1. The Morgan fingerprint density at radius 2 is 1.93 bits per heavy atom. The first kappa shape index (κ1) is 24.2. The van der Waals surface area contributed by atoms with Gasteiger partial charge in [0.05, 0.1) is 0 Å². The molecule has 2 aliphatic rings. The van der Waals surface area contributed by atoms with Gasteiger partial charge in [0.1, 0.15) is 0 Å². The molecule has 154 valence electrons. The average molecular weight is 416 g/mol. The highest BCUT2D eigenvalue weighted by molar-refractivity contribution is 5.85. The van der Waals surface area contributed by atoms with Crippen molar-refractivity contribution >= 4 is 30.7 Å². The highest BCUT2D eigenvalue weighted by Crippen LogP contribution is 2.26. The summed E-state index contributed by atoms with van der Waals surface area (Å²) < 4.78 is 0. The van der Waals surface area contributed by atoms with Gasteiger partial charge >= 0.3 is 0 Å². The van der Waals surface area contributed by atoms with Gasteiger partial charge in [-0.15, -0.1) is 24.8 Å². The summed E-state index contributed by atoms with van der Waals surface area (Å²) in [6, 6.07) is 10.9. The van der Waals surface area contributed by atoms with Crippen molar-refractivity contribution in [3.8, 4) is 0 Å². The summed E-state index contributed by atoms with van der Waals surface area (Å²) in [6.45, 7) is 7.10. The molecule has 3 rings (SSSR count). The minimum atomic E-state index is 0. The third kappa shape index (κ3) is 6.94. The van der Waals surface area contributed by atoms with Gasteiger partial charge < -0.3 is 10.6 Å². The van der Waals surface area contributed by atoms with E-state index in [4.69, 9.17) is 5.73 Å². The summed E-state index contributed by atoms with van der Waals surface area (Å²) in [5.74, 6) is 1.11. The monoisotopic (exact) mass is 415 g/mol. The van der Waals surface area contributed by atoms with Gasteiger partial charge in [-0.2, -0.15) is 0 Å². The van der Waals surface area contributed by atoms with Crippen LogP contribution in [0.3, 0.4) is 0 Å². The van der Waals surface area contributed by atoms with E-state index >= 15 is 0 Å². The molecule has 1 amide bonds. The molecule has 3 atom stereocenters. The minimum absolute atomic E-state index is 0. The fourth-order valence-corrected chi connectivity index (χ4v) is 4.44. The largest absolute Gasteiger partial charge is 0.342 e. The first-order chi connectivity index (χ1) is 12.2. The first-order valence-electron chi connectivity index (χ1n) is 9.96. The second-order valence-electron chi connectivity index (χ2n) is 7.88. The number of hydrogen-bond acceptors (Lipinski definition) is 3. The maximum Gasteiger partial charge on any atom is 0.225 e. The van der Waals surface area contributed by atoms with E-state index in [2.05, 4.69) is 47.1 Å². The Kier molecular flexibility index (Phi) is 10.7. The number of benzene rings is 1. The third-order valence-corrected chi connectivity index (χ3v) is 5.85. The molecule has 4 nitrogen and oxygen atoms in total. The molecule has 1 heterocycles. The molecule has 0 aromatic heterocycles. The zero-order valence-electron chi connectivity index (χ0n) is 16.4. The third-order valence-electron chi connectivity index (χ3n) is 5.85.